The number of piperazine rings is 1. The molecule has 1 aliphatic rings. The number of sulfonamides is 1. The maximum absolute atomic E-state index is 13.5. The highest BCUT2D eigenvalue weighted by Crippen LogP contribution is 2.28. The van der Waals surface area contributed by atoms with Crippen LogP contribution >= 0.6 is 11.6 Å². The van der Waals surface area contributed by atoms with Crippen molar-refractivity contribution in [2.45, 2.75) is 11.8 Å². The van der Waals surface area contributed by atoms with Crippen LogP contribution in [0.4, 0.5) is 10.2 Å². The third kappa shape index (κ3) is 3.22. The number of anilines is 1. The Labute approximate surface area is 144 Å². The van der Waals surface area contributed by atoms with Gasteiger partial charge in [-0.2, -0.15) is 4.31 Å². The summed E-state index contributed by atoms with van der Waals surface area (Å²) >= 11 is 5.96. The lowest BCUT2D eigenvalue weighted by atomic mass is 10.2. The van der Waals surface area contributed by atoms with Crippen LogP contribution in [0.5, 0.6) is 0 Å². The van der Waals surface area contributed by atoms with E-state index in [2.05, 4.69) is 9.97 Å². The molecule has 1 saturated heterocycles. The molecule has 1 fully saturated rings. The van der Waals surface area contributed by atoms with E-state index in [9.17, 15) is 12.8 Å². The van der Waals surface area contributed by atoms with Crippen molar-refractivity contribution >= 4 is 27.4 Å². The number of aromatic nitrogens is 2. The molecular formula is C15H16ClFN4O2S. The van der Waals surface area contributed by atoms with Crippen molar-refractivity contribution in [2.24, 2.45) is 0 Å². The summed E-state index contributed by atoms with van der Waals surface area (Å²) in [6.45, 7) is 3.10. The van der Waals surface area contributed by atoms with Gasteiger partial charge in [0.15, 0.2) is 0 Å². The predicted octanol–water partition coefficient (Wildman–Crippen LogP) is 2.09. The third-order valence-electron chi connectivity index (χ3n) is 3.94. The fourth-order valence-corrected chi connectivity index (χ4v) is 4.58. The van der Waals surface area contributed by atoms with E-state index in [-0.39, 0.29) is 15.5 Å². The molecule has 1 aliphatic heterocycles. The van der Waals surface area contributed by atoms with Gasteiger partial charge in [0, 0.05) is 38.6 Å². The Balaban J connectivity index is 1.79. The van der Waals surface area contributed by atoms with Crippen molar-refractivity contribution in [2.75, 3.05) is 31.1 Å². The van der Waals surface area contributed by atoms with Crippen molar-refractivity contribution in [1.29, 1.82) is 0 Å². The van der Waals surface area contributed by atoms with E-state index in [1.54, 1.807) is 18.6 Å². The lowest BCUT2D eigenvalue weighted by molar-refractivity contribution is 0.383. The number of aryl methyl sites for hydroxylation is 1. The molecule has 128 valence electrons. The maximum Gasteiger partial charge on any atom is 0.244 e. The third-order valence-corrected chi connectivity index (χ3v) is 6.31. The summed E-state index contributed by atoms with van der Waals surface area (Å²) in [5, 5.41) is -0.102. The highest BCUT2D eigenvalue weighted by molar-refractivity contribution is 7.89. The van der Waals surface area contributed by atoms with Gasteiger partial charge >= 0.3 is 0 Å². The van der Waals surface area contributed by atoms with E-state index in [1.807, 2.05) is 4.90 Å². The second-order valence-electron chi connectivity index (χ2n) is 5.49. The molecule has 2 aromatic rings. The molecule has 2 heterocycles. The standard InChI is InChI=1S/C15H16ClFN4O2S/c1-11-8-14(12(16)9-13(11)17)24(22,23)21-6-4-20(5-7-21)15-10-18-2-3-19-15/h2-3,8-10H,4-7H2,1H3. The van der Waals surface area contributed by atoms with Crippen molar-refractivity contribution < 1.29 is 12.8 Å². The van der Waals surface area contributed by atoms with Crippen molar-refractivity contribution in [3.63, 3.8) is 0 Å². The molecule has 9 heteroatoms. The predicted molar refractivity (Wildman–Crippen MR) is 89.2 cm³/mol. The Hall–Kier alpha value is -1.77. The van der Waals surface area contributed by atoms with Crippen molar-refractivity contribution in [3.8, 4) is 0 Å². The van der Waals surface area contributed by atoms with Crippen LogP contribution in [0.1, 0.15) is 5.56 Å². The monoisotopic (exact) mass is 370 g/mol. The van der Waals surface area contributed by atoms with Crippen LogP contribution in [-0.4, -0.2) is 48.9 Å². The van der Waals surface area contributed by atoms with Gasteiger partial charge in [-0.25, -0.2) is 17.8 Å². The molecule has 1 aromatic heterocycles. The van der Waals surface area contributed by atoms with Crippen molar-refractivity contribution in [3.05, 3.63) is 47.1 Å². The molecule has 0 bridgehead atoms. The minimum Gasteiger partial charge on any atom is -0.353 e. The number of hydrogen-bond donors (Lipinski definition) is 0. The van der Waals surface area contributed by atoms with Crippen LogP contribution in [0.2, 0.25) is 5.02 Å². The van der Waals surface area contributed by atoms with Gasteiger partial charge in [-0.05, 0) is 24.6 Å². The summed E-state index contributed by atoms with van der Waals surface area (Å²) < 4.78 is 40.5. The Morgan fingerprint density at radius 2 is 1.88 bits per heavy atom. The summed E-state index contributed by atoms with van der Waals surface area (Å²) in [5.41, 5.74) is 0.246. The van der Waals surface area contributed by atoms with Gasteiger partial charge in [-0.15, -0.1) is 0 Å². The SMILES string of the molecule is Cc1cc(S(=O)(=O)N2CCN(c3cnccn3)CC2)c(Cl)cc1F. The highest BCUT2D eigenvalue weighted by Gasteiger charge is 2.31. The molecule has 0 saturated carbocycles. The second kappa shape index (κ2) is 6.62. The lowest BCUT2D eigenvalue weighted by Crippen LogP contribution is -2.49. The Morgan fingerprint density at radius 1 is 1.17 bits per heavy atom. The molecule has 6 nitrogen and oxygen atoms in total. The molecule has 0 aliphatic carbocycles. The minimum absolute atomic E-state index is 0.0592. The molecule has 0 N–H and O–H groups in total. The zero-order valence-electron chi connectivity index (χ0n) is 13.0. The van der Waals surface area contributed by atoms with Gasteiger partial charge in [0.2, 0.25) is 10.0 Å². The maximum atomic E-state index is 13.5. The molecule has 0 unspecified atom stereocenters. The van der Waals surface area contributed by atoms with E-state index in [4.69, 9.17) is 11.6 Å². The second-order valence-corrected chi connectivity index (χ2v) is 7.80. The van der Waals surface area contributed by atoms with E-state index in [0.717, 1.165) is 6.07 Å². The zero-order valence-corrected chi connectivity index (χ0v) is 14.6. The van der Waals surface area contributed by atoms with Gasteiger partial charge in [0.05, 0.1) is 11.2 Å². The summed E-state index contributed by atoms with van der Waals surface area (Å²) in [6, 6.07) is 2.32. The lowest BCUT2D eigenvalue weighted by Gasteiger charge is -2.34. The first-order chi connectivity index (χ1) is 11.4. The zero-order chi connectivity index (χ0) is 17.3. The molecule has 0 radical (unpaired) electrons. The average Bonchev–Trinajstić information content (AvgIpc) is 2.59. The summed E-state index contributed by atoms with van der Waals surface area (Å²) in [7, 11) is -3.77. The normalized spacial score (nSPS) is 16.4. The Bertz CT molecular complexity index is 840. The van der Waals surface area contributed by atoms with E-state index in [0.29, 0.717) is 32.0 Å². The Morgan fingerprint density at radius 3 is 2.50 bits per heavy atom. The van der Waals surface area contributed by atoms with Crippen LogP contribution in [0.25, 0.3) is 0 Å². The quantitative estimate of drug-likeness (QED) is 0.827. The van der Waals surface area contributed by atoms with Gasteiger partial charge in [0.25, 0.3) is 0 Å². The first kappa shape index (κ1) is 17.1. The van der Waals surface area contributed by atoms with Crippen LogP contribution in [0.3, 0.4) is 0 Å². The fourth-order valence-electron chi connectivity index (χ4n) is 2.58. The van der Waals surface area contributed by atoms with Crippen LogP contribution in [0, 0.1) is 12.7 Å². The van der Waals surface area contributed by atoms with Gasteiger partial charge in [0.1, 0.15) is 16.5 Å². The summed E-state index contributed by atoms with van der Waals surface area (Å²) in [4.78, 5) is 10.1. The molecular weight excluding hydrogens is 355 g/mol. The first-order valence-electron chi connectivity index (χ1n) is 7.36. The van der Waals surface area contributed by atoms with Crippen LogP contribution in [0.15, 0.2) is 35.6 Å². The van der Waals surface area contributed by atoms with Gasteiger partial charge in [-0.1, -0.05) is 11.6 Å². The van der Waals surface area contributed by atoms with Gasteiger partial charge in [-0.3, -0.25) is 4.98 Å². The molecule has 24 heavy (non-hydrogen) atoms. The molecule has 0 amide bonds. The largest absolute Gasteiger partial charge is 0.353 e. The molecule has 3 rings (SSSR count). The van der Waals surface area contributed by atoms with E-state index < -0.39 is 15.8 Å². The number of benzene rings is 1. The van der Waals surface area contributed by atoms with Crippen molar-refractivity contribution in [1.82, 2.24) is 14.3 Å². The summed E-state index contributed by atoms with van der Waals surface area (Å²) in [5.74, 6) is 0.191. The van der Waals surface area contributed by atoms with Crippen LogP contribution < -0.4 is 4.90 Å². The number of hydrogen-bond acceptors (Lipinski definition) is 5. The Kier molecular flexibility index (Phi) is 4.71. The smallest absolute Gasteiger partial charge is 0.244 e. The van der Waals surface area contributed by atoms with E-state index in [1.165, 1.54) is 17.3 Å². The topological polar surface area (TPSA) is 66.4 Å². The minimum atomic E-state index is -3.77. The van der Waals surface area contributed by atoms with Gasteiger partial charge < -0.3 is 4.90 Å². The molecule has 0 atom stereocenters. The number of nitrogens with zero attached hydrogens (tertiary/aromatic N) is 4. The first-order valence-corrected chi connectivity index (χ1v) is 9.18. The molecule has 1 aromatic carbocycles. The van der Waals surface area contributed by atoms with Crippen LogP contribution in [-0.2, 0) is 10.0 Å². The number of rotatable bonds is 3. The summed E-state index contributed by atoms with van der Waals surface area (Å²) in [6.07, 6.45) is 4.83. The number of halogens is 2. The fraction of sp³-hybridized carbons (Fsp3) is 0.333. The highest BCUT2D eigenvalue weighted by atomic mass is 35.5. The molecule has 0 spiro atoms. The average molecular weight is 371 g/mol. The van der Waals surface area contributed by atoms with E-state index >= 15 is 0 Å².